The molecule has 6 rings (SSSR count). The molecule has 0 amide bonds. The van der Waals surface area contributed by atoms with Crippen LogP contribution in [0.4, 0.5) is 0 Å². The van der Waals surface area contributed by atoms with E-state index in [1.165, 1.54) is 27.8 Å². The van der Waals surface area contributed by atoms with Crippen molar-refractivity contribution in [1.29, 1.82) is 0 Å². The average molecular weight is 487 g/mol. The maximum atomic E-state index is 12.2. The first-order valence-electron chi connectivity index (χ1n) is 13.0. The zero-order valence-electron chi connectivity index (χ0n) is 20.4. The van der Waals surface area contributed by atoms with Crippen LogP contribution in [0, 0.1) is 17.3 Å². The van der Waals surface area contributed by atoms with E-state index in [0.29, 0.717) is 18.3 Å². The maximum Gasteiger partial charge on any atom is 0.156 e. The van der Waals surface area contributed by atoms with Gasteiger partial charge in [-0.25, -0.2) is 0 Å². The number of thiophene rings is 1. The van der Waals surface area contributed by atoms with Crippen molar-refractivity contribution in [2.24, 2.45) is 17.3 Å². The Kier molecular flexibility index (Phi) is 5.75. The Labute approximate surface area is 211 Å². The molecule has 35 heavy (non-hydrogen) atoms. The van der Waals surface area contributed by atoms with Gasteiger partial charge in [0, 0.05) is 17.8 Å². The van der Waals surface area contributed by atoms with E-state index in [-0.39, 0.29) is 23.7 Å². The molecule has 2 saturated carbocycles. The smallest absolute Gasteiger partial charge is 0.156 e. The molecule has 0 unspecified atom stereocenters. The fourth-order valence-corrected chi connectivity index (χ4v) is 8.52. The first-order chi connectivity index (χ1) is 16.9. The SMILES string of the molecule is C[C@]12C[C@H](c3ccc(-c4ccsc4)cc3)C3=C4CCC(=O)C=C4CC[C@H]3[C@@H]1CC[C@@]2(O)/C=C\CO. The van der Waals surface area contributed by atoms with E-state index in [1.807, 2.05) is 12.2 Å². The topological polar surface area (TPSA) is 57.5 Å². The summed E-state index contributed by atoms with van der Waals surface area (Å²) in [6.45, 7) is 2.24. The molecule has 1 heterocycles. The second-order valence-corrected chi connectivity index (χ2v) is 12.0. The molecule has 0 aliphatic heterocycles. The lowest BCUT2D eigenvalue weighted by atomic mass is 9.51. The number of aliphatic hydroxyl groups excluding tert-OH is 1. The van der Waals surface area contributed by atoms with Gasteiger partial charge in [-0.1, -0.05) is 48.9 Å². The second-order valence-electron chi connectivity index (χ2n) is 11.2. The fourth-order valence-electron chi connectivity index (χ4n) is 7.86. The summed E-state index contributed by atoms with van der Waals surface area (Å²) in [5.41, 5.74) is 6.91. The van der Waals surface area contributed by atoms with E-state index in [1.54, 1.807) is 23.0 Å². The summed E-state index contributed by atoms with van der Waals surface area (Å²) in [5, 5.41) is 25.7. The van der Waals surface area contributed by atoms with Crippen LogP contribution in [0.1, 0.15) is 63.4 Å². The Bertz CT molecular complexity index is 1220. The van der Waals surface area contributed by atoms with E-state index in [9.17, 15) is 15.0 Å². The molecule has 4 aliphatic carbocycles. The molecule has 5 atom stereocenters. The van der Waals surface area contributed by atoms with Crippen LogP contribution in [-0.4, -0.2) is 28.2 Å². The van der Waals surface area contributed by atoms with Crippen molar-refractivity contribution in [2.75, 3.05) is 6.61 Å². The van der Waals surface area contributed by atoms with Crippen LogP contribution in [0.15, 0.2) is 76.0 Å². The number of benzene rings is 1. The van der Waals surface area contributed by atoms with E-state index in [0.717, 1.165) is 38.5 Å². The van der Waals surface area contributed by atoms with Crippen molar-refractivity contribution in [1.82, 2.24) is 0 Å². The lowest BCUT2D eigenvalue weighted by Crippen LogP contribution is -2.50. The van der Waals surface area contributed by atoms with Gasteiger partial charge in [0.15, 0.2) is 5.78 Å². The van der Waals surface area contributed by atoms with Gasteiger partial charge in [-0.3, -0.25) is 4.79 Å². The van der Waals surface area contributed by atoms with Crippen molar-refractivity contribution >= 4 is 17.1 Å². The minimum Gasteiger partial charge on any atom is -0.392 e. The van der Waals surface area contributed by atoms with E-state index in [4.69, 9.17) is 0 Å². The molecule has 0 radical (unpaired) electrons. The van der Waals surface area contributed by atoms with Gasteiger partial charge in [0.25, 0.3) is 0 Å². The third kappa shape index (κ3) is 3.64. The zero-order chi connectivity index (χ0) is 24.2. The van der Waals surface area contributed by atoms with Gasteiger partial charge < -0.3 is 10.2 Å². The van der Waals surface area contributed by atoms with Gasteiger partial charge >= 0.3 is 0 Å². The number of carbonyl (C=O) groups excluding carboxylic acids is 1. The van der Waals surface area contributed by atoms with Gasteiger partial charge in [-0.2, -0.15) is 11.3 Å². The molecule has 4 heteroatoms. The van der Waals surface area contributed by atoms with Crippen LogP contribution in [0.2, 0.25) is 0 Å². The summed E-state index contributed by atoms with van der Waals surface area (Å²) >= 11 is 1.72. The summed E-state index contributed by atoms with van der Waals surface area (Å²) in [7, 11) is 0. The number of rotatable bonds is 4. The van der Waals surface area contributed by atoms with Gasteiger partial charge in [-0.05, 0) is 101 Å². The van der Waals surface area contributed by atoms with Crippen LogP contribution in [0.3, 0.4) is 0 Å². The van der Waals surface area contributed by atoms with Gasteiger partial charge in [0.1, 0.15) is 0 Å². The zero-order valence-corrected chi connectivity index (χ0v) is 21.2. The third-order valence-electron chi connectivity index (χ3n) is 9.62. The molecule has 0 spiro atoms. The standard InChI is InChI=1S/C31H34O3S/c1-30-18-27(21-5-3-20(4-6-21)23-12-16-35-19-23)29-25-10-8-24(33)17-22(25)7-9-26(29)28(30)11-14-31(30,34)13-2-15-32/h2-6,12-13,16-17,19,26-28,32,34H,7-11,14-15,18H2,1H3/b13-2-/t26-,27+,28-,30-,31-/m0/s1. The van der Waals surface area contributed by atoms with Crippen molar-refractivity contribution in [3.8, 4) is 11.1 Å². The average Bonchev–Trinajstić information content (AvgIpc) is 3.49. The number of aliphatic hydroxyl groups is 2. The van der Waals surface area contributed by atoms with Crippen LogP contribution >= 0.6 is 11.3 Å². The third-order valence-corrected chi connectivity index (χ3v) is 10.3. The number of carbonyl (C=O) groups is 1. The largest absolute Gasteiger partial charge is 0.392 e. The van der Waals surface area contributed by atoms with E-state index in [2.05, 4.69) is 48.0 Å². The molecular weight excluding hydrogens is 452 g/mol. The molecule has 2 aromatic rings. The lowest BCUT2D eigenvalue weighted by molar-refractivity contribution is -0.114. The molecular formula is C31H34O3S. The minimum absolute atomic E-state index is 0.0442. The summed E-state index contributed by atoms with van der Waals surface area (Å²) in [5.74, 6) is 1.35. The summed E-state index contributed by atoms with van der Waals surface area (Å²) in [6, 6.07) is 11.2. The van der Waals surface area contributed by atoms with Crippen molar-refractivity contribution in [3.05, 3.63) is 81.6 Å². The highest BCUT2D eigenvalue weighted by Crippen LogP contribution is 2.67. The fraction of sp³-hybridized carbons (Fsp3) is 0.452. The number of hydrogen-bond acceptors (Lipinski definition) is 4. The molecule has 2 N–H and O–H groups in total. The van der Waals surface area contributed by atoms with Crippen LogP contribution in [0.5, 0.6) is 0 Å². The van der Waals surface area contributed by atoms with E-state index < -0.39 is 5.60 Å². The second kappa shape index (κ2) is 8.69. The first kappa shape index (κ1) is 23.1. The molecule has 0 saturated heterocycles. The highest BCUT2D eigenvalue weighted by atomic mass is 32.1. The van der Waals surface area contributed by atoms with Crippen molar-refractivity contribution in [2.45, 2.75) is 63.4 Å². The van der Waals surface area contributed by atoms with Crippen molar-refractivity contribution in [3.63, 3.8) is 0 Å². The summed E-state index contributed by atoms with van der Waals surface area (Å²) in [4.78, 5) is 12.2. The Hall–Kier alpha value is -2.27. The number of allylic oxidation sites excluding steroid dienone is 4. The van der Waals surface area contributed by atoms with Crippen LogP contribution in [0.25, 0.3) is 11.1 Å². The maximum absolute atomic E-state index is 12.2. The van der Waals surface area contributed by atoms with Gasteiger partial charge in [-0.15, -0.1) is 0 Å². The Morgan fingerprint density at radius 2 is 1.91 bits per heavy atom. The summed E-state index contributed by atoms with van der Waals surface area (Å²) in [6.07, 6.45) is 11.7. The number of ketones is 1. The molecule has 3 nitrogen and oxygen atoms in total. The Balaban J connectivity index is 1.47. The predicted octanol–water partition coefficient (Wildman–Crippen LogP) is 6.59. The van der Waals surface area contributed by atoms with Gasteiger partial charge in [0.2, 0.25) is 0 Å². The minimum atomic E-state index is -0.899. The molecule has 1 aromatic carbocycles. The highest BCUT2D eigenvalue weighted by molar-refractivity contribution is 7.08. The normalized spacial score (nSPS) is 34.5. The monoisotopic (exact) mass is 486 g/mol. The van der Waals surface area contributed by atoms with E-state index >= 15 is 0 Å². The number of fused-ring (bicyclic) bond motifs is 4. The quantitative estimate of drug-likeness (QED) is 0.479. The highest BCUT2D eigenvalue weighted by Gasteiger charge is 2.61. The molecule has 0 bridgehead atoms. The molecule has 1 aromatic heterocycles. The Morgan fingerprint density at radius 1 is 1.09 bits per heavy atom. The molecule has 2 fully saturated rings. The van der Waals surface area contributed by atoms with Crippen LogP contribution < -0.4 is 0 Å². The predicted molar refractivity (Wildman–Crippen MR) is 141 cm³/mol. The first-order valence-corrected chi connectivity index (χ1v) is 14.0. The molecule has 182 valence electrons. The number of hydrogen-bond donors (Lipinski definition) is 2. The molecule has 4 aliphatic rings. The Morgan fingerprint density at radius 3 is 2.66 bits per heavy atom. The van der Waals surface area contributed by atoms with Crippen molar-refractivity contribution < 1.29 is 15.0 Å². The summed E-state index contributed by atoms with van der Waals surface area (Å²) < 4.78 is 0. The van der Waals surface area contributed by atoms with Crippen LogP contribution in [-0.2, 0) is 4.79 Å². The van der Waals surface area contributed by atoms with Gasteiger partial charge in [0.05, 0.1) is 12.2 Å². The lowest BCUT2D eigenvalue weighted by Gasteiger charge is -2.54.